The normalized spacial score (nSPS) is 17.7. The van der Waals surface area contributed by atoms with Crippen molar-refractivity contribution in [2.45, 2.75) is 26.3 Å². The molecule has 0 radical (unpaired) electrons. The highest BCUT2D eigenvalue weighted by Crippen LogP contribution is 2.33. The van der Waals surface area contributed by atoms with Crippen LogP contribution in [-0.4, -0.2) is 59.2 Å². The summed E-state index contributed by atoms with van der Waals surface area (Å²) in [4.78, 5) is 32.5. The molecule has 0 saturated carbocycles. The monoisotopic (exact) mass is 437 g/mol. The summed E-state index contributed by atoms with van der Waals surface area (Å²) in [7, 11) is 0. The first-order valence-electron chi connectivity index (χ1n) is 11.0. The van der Waals surface area contributed by atoms with Gasteiger partial charge in [0.25, 0.3) is 11.8 Å². The van der Waals surface area contributed by atoms with Crippen LogP contribution in [-0.2, 0) is 16.1 Å². The van der Waals surface area contributed by atoms with Crippen LogP contribution in [0.1, 0.15) is 30.9 Å². The highest BCUT2D eigenvalue weighted by atomic mass is 35.5. The number of halogens is 1. The molecule has 0 aliphatic carbocycles. The number of carbonyl (C=O) groups excluding carboxylic acids is 2. The van der Waals surface area contributed by atoms with Gasteiger partial charge in [-0.25, -0.2) is 0 Å². The Bertz CT molecular complexity index is 964. The molecule has 31 heavy (non-hydrogen) atoms. The van der Waals surface area contributed by atoms with Gasteiger partial charge in [0.05, 0.1) is 5.57 Å². The lowest BCUT2D eigenvalue weighted by Crippen LogP contribution is -2.47. The Hall–Kier alpha value is -2.63. The summed E-state index contributed by atoms with van der Waals surface area (Å²) in [5.41, 5.74) is 3.09. The van der Waals surface area contributed by atoms with Crippen molar-refractivity contribution in [2.75, 3.05) is 32.7 Å². The molecule has 2 aliphatic rings. The van der Waals surface area contributed by atoms with E-state index in [2.05, 4.69) is 41.0 Å². The van der Waals surface area contributed by atoms with Crippen LogP contribution in [0.15, 0.2) is 60.3 Å². The maximum absolute atomic E-state index is 13.3. The van der Waals surface area contributed by atoms with Crippen LogP contribution in [0.2, 0.25) is 5.02 Å². The molecule has 2 amide bonds. The Balaban J connectivity index is 1.56. The minimum atomic E-state index is -0.192. The average Bonchev–Trinajstić information content (AvgIpc) is 3.04. The third-order valence-electron chi connectivity index (χ3n) is 5.95. The lowest BCUT2D eigenvalue weighted by atomic mass is 10.0. The Morgan fingerprint density at radius 2 is 1.55 bits per heavy atom. The summed E-state index contributed by atoms with van der Waals surface area (Å²) in [5, 5.41) is 0.611. The molecule has 2 aromatic carbocycles. The number of carbonyl (C=O) groups is 2. The molecule has 2 heterocycles. The smallest absolute Gasteiger partial charge is 0.277 e. The summed E-state index contributed by atoms with van der Waals surface area (Å²) >= 11 is 6.05. The number of hydrogen-bond acceptors (Lipinski definition) is 4. The SMILES string of the molecule is CCCCN1C(=O)C(c2ccc(Cl)cc2)=C(N2CCN(Cc3ccccc3)CC2)C1=O. The highest BCUT2D eigenvalue weighted by Gasteiger charge is 2.41. The van der Waals surface area contributed by atoms with E-state index < -0.39 is 0 Å². The van der Waals surface area contributed by atoms with E-state index in [-0.39, 0.29) is 11.8 Å². The second kappa shape index (κ2) is 9.67. The summed E-state index contributed by atoms with van der Waals surface area (Å²) in [5.74, 6) is -0.359. The number of rotatable bonds is 7. The predicted octanol–water partition coefficient (Wildman–Crippen LogP) is 4.04. The quantitative estimate of drug-likeness (QED) is 0.613. The van der Waals surface area contributed by atoms with E-state index in [0.29, 0.717) is 22.8 Å². The van der Waals surface area contributed by atoms with Crippen LogP contribution in [0.4, 0.5) is 0 Å². The van der Waals surface area contributed by atoms with Gasteiger partial charge in [0.2, 0.25) is 0 Å². The maximum atomic E-state index is 13.3. The fourth-order valence-electron chi connectivity index (χ4n) is 4.22. The molecule has 0 N–H and O–H groups in total. The number of amides is 2. The molecule has 1 fully saturated rings. The molecular formula is C25H28ClN3O2. The van der Waals surface area contributed by atoms with E-state index in [4.69, 9.17) is 11.6 Å². The van der Waals surface area contributed by atoms with E-state index in [9.17, 15) is 9.59 Å². The molecule has 2 aliphatic heterocycles. The molecule has 162 valence electrons. The van der Waals surface area contributed by atoms with Crippen molar-refractivity contribution in [2.24, 2.45) is 0 Å². The summed E-state index contributed by atoms with van der Waals surface area (Å²) in [6.45, 7) is 6.56. The molecule has 4 rings (SSSR count). The Morgan fingerprint density at radius 3 is 2.19 bits per heavy atom. The third-order valence-corrected chi connectivity index (χ3v) is 6.20. The maximum Gasteiger partial charge on any atom is 0.277 e. The molecule has 0 spiro atoms. The van der Waals surface area contributed by atoms with Gasteiger partial charge in [-0.1, -0.05) is 67.4 Å². The minimum Gasteiger partial charge on any atom is -0.364 e. The van der Waals surface area contributed by atoms with Crippen LogP contribution in [0.25, 0.3) is 5.57 Å². The number of unbranched alkanes of at least 4 members (excludes halogenated alkanes) is 1. The Morgan fingerprint density at radius 1 is 0.871 bits per heavy atom. The van der Waals surface area contributed by atoms with E-state index in [0.717, 1.165) is 51.1 Å². The molecule has 0 unspecified atom stereocenters. The Labute approximate surface area is 188 Å². The molecule has 5 nitrogen and oxygen atoms in total. The van der Waals surface area contributed by atoms with E-state index in [1.165, 1.54) is 10.5 Å². The van der Waals surface area contributed by atoms with E-state index in [1.807, 2.05) is 18.2 Å². The number of hydrogen-bond donors (Lipinski definition) is 0. The number of imide groups is 1. The summed E-state index contributed by atoms with van der Waals surface area (Å²) in [6, 6.07) is 17.6. The lowest BCUT2D eigenvalue weighted by Gasteiger charge is -2.36. The second-order valence-corrected chi connectivity index (χ2v) is 8.53. The highest BCUT2D eigenvalue weighted by molar-refractivity contribution is 6.36. The summed E-state index contributed by atoms with van der Waals surface area (Å²) in [6.07, 6.45) is 1.74. The summed E-state index contributed by atoms with van der Waals surface area (Å²) < 4.78 is 0. The first kappa shape index (κ1) is 21.6. The zero-order valence-corrected chi connectivity index (χ0v) is 18.6. The number of piperazine rings is 1. The molecule has 0 atom stereocenters. The van der Waals surface area contributed by atoms with Crippen molar-refractivity contribution in [3.05, 3.63) is 76.4 Å². The largest absolute Gasteiger partial charge is 0.364 e. The zero-order chi connectivity index (χ0) is 21.8. The van der Waals surface area contributed by atoms with Crippen molar-refractivity contribution in [1.82, 2.24) is 14.7 Å². The van der Waals surface area contributed by atoms with E-state index in [1.54, 1.807) is 12.1 Å². The van der Waals surface area contributed by atoms with Gasteiger partial charge in [-0.05, 0) is 29.7 Å². The van der Waals surface area contributed by atoms with Crippen LogP contribution < -0.4 is 0 Å². The van der Waals surface area contributed by atoms with Crippen molar-refractivity contribution >= 4 is 29.0 Å². The van der Waals surface area contributed by atoms with Gasteiger partial charge in [-0.3, -0.25) is 19.4 Å². The zero-order valence-electron chi connectivity index (χ0n) is 17.9. The molecular weight excluding hydrogens is 410 g/mol. The molecule has 1 saturated heterocycles. The van der Waals surface area contributed by atoms with Crippen molar-refractivity contribution < 1.29 is 9.59 Å². The van der Waals surface area contributed by atoms with Gasteiger partial charge in [0.15, 0.2) is 0 Å². The van der Waals surface area contributed by atoms with Crippen LogP contribution in [0, 0.1) is 0 Å². The standard InChI is InChI=1S/C25H28ClN3O2/c1-2-3-13-29-24(30)22(20-9-11-21(26)12-10-20)23(25(29)31)28-16-14-27(15-17-28)18-19-7-5-4-6-8-19/h4-12H,2-3,13-18H2,1H3. The average molecular weight is 438 g/mol. The van der Waals surface area contributed by atoms with E-state index >= 15 is 0 Å². The van der Waals surface area contributed by atoms with Crippen molar-refractivity contribution in [3.8, 4) is 0 Å². The fraction of sp³-hybridized carbons (Fsp3) is 0.360. The number of benzene rings is 2. The predicted molar refractivity (Wildman–Crippen MR) is 123 cm³/mol. The molecule has 2 aromatic rings. The number of nitrogens with zero attached hydrogens (tertiary/aromatic N) is 3. The van der Waals surface area contributed by atoms with Gasteiger partial charge in [-0.15, -0.1) is 0 Å². The molecule has 0 aromatic heterocycles. The minimum absolute atomic E-state index is 0.167. The fourth-order valence-corrected chi connectivity index (χ4v) is 4.35. The van der Waals surface area contributed by atoms with Gasteiger partial charge < -0.3 is 4.90 Å². The lowest BCUT2D eigenvalue weighted by molar-refractivity contribution is -0.137. The molecule has 0 bridgehead atoms. The van der Waals surface area contributed by atoms with Crippen LogP contribution in [0.5, 0.6) is 0 Å². The topological polar surface area (TPSA) is 43.9 Å². The molecule has 6 heteroatoms. The first-order chi connectivity index (χ1) is 15.1. The van der Waals surface area contributed by atoms with Gasteiger partial charge in [0, 0.05) is 44.3 Å². The Kier molecular flexibility index (Phi) is 6.73. The van der Waals surface area contributed by atoms with Gasteiger partial charge >= 0.3 is 0 Å². The van der Waals surface area contributed by atoms with Gasteiger partial charge in [0.1, 0.15) is 5.70 Å². The van der Waals surface area contributed by atoms with Gasteiger partial charge in [-0.2, -0.15) is 0 Å². The van der Waals surface area contributed by atoms with Crippen LogP contribution >= 0.6 is 11.6 Å². The third kappa shape index (κ3) is 4.68. The van der Waals surface area contributed by atoms with Crippen LogP contribution in [0.3, 0.4) is 0 Å². The van der Waals surface area contributed by atoms with Crippen molar-refractivity contribution in [1.29, 1.82) is 0 Å². The second-order valence-electron chi connectivity index (χ2n) is 8.09. The first-order valence-corrected chi connectivity index (χ1v) is 11.3. The van der Waals surface area contributed by atoms with Crippen molar-refractivity contribution in [3.63, 3.8) is 0 Å².